The van der Waals surface area contributed by atoms with Crippen LogP contribution in [0, 0.1) is 17.0 Å². The number of rotatable bonds is 6. The summed E-state index contributed by atoms with van der Waals surface area (Å²) in [6.07, 6.45) is 1.58. The van der Waals surface area contributed by atoms with Gasteiger partial charge in [0.25, 0.3) is 0 Å². The number of halogens is 1. The topological polar surface area (TPSA) is 80.4 Å². The maximum atomic E-state index is 13.1. The van der Waals surface area contributed by atoms with Crippen LogP contribution in [0.4, 0.5) is 5.69 Å². The number of aromatic hydroxyl groups is 1. The van der Waals surface area contributed by atoms with Crippen LogP contribution in [0.5, 0.6) is 5.75 Å². The zero-order valence-corrected chi connectivity index (χ0v) is 16.9. The van der Waals surface area contributed by atoms with Gasteiger partial charge in [0.15, 0.2) is 11.5 Å². The van der Waals surface area contributed by atoms with Gasteiger partial charge in [-0.3, -0.25) is 14.9 Å². The third-order valence-electron chi connectivity index (χ3n) is 4.07. The van der Waals surface area contributed by atoms with Crippen molar-refractivity contribution >= 4 is 40.9 Å². The van der Waals surface area contributed by atoms with Crippen LogP contribution in [0.15, 0.2) is 76.5 Å². The van der Waals surface area contributed by atoms with Crippen LogP contribution in [0.1, 0.15) is 21.5 Å². The van der Waals surface area contributed by atoms with Gasteiger partial charge in [-0.25, -0.2) is 0 Å². The van der Waals surface area contributed by atoms with Gasteiger partial charge in [0, 0.05) is 21.5 Å². The molecule has 3 aromatic carbocycles. The van der Waals surface area contributed by atoms with E-state index in [9.17, 15) is 20.0 Å². The molecule has 0 unspecified atom stereocenters. The maximum absolute atomic E-state index is 13.1. The van der Waals surface area contributed by atoms with Crippen molar-refractivity contribution in [3.8, 4) is 5.75 Å². The molecule has 0 aromatic heterocycles. The predicted molar refractivity (Wildman–Crippen MR) is 116 cm³/mol. The van der Waals surface area contributed by atoms with E-state index in [0.29, 0.717) is 21.1 Å². The van der Waals surface area contributed by atoms with Crippen molar-refractivity contribution in [1.29, 1.82) is 0 Å². The molecule has 0 saturated heterocycles. The Morgan fingerprint density at radius 3 is 2.34 bits per heavy atom. The maximum Gasteiger partial charge on any atom is 0.311 e. The molecule has 1 N–H and O–H groups in total. The summed E-state index contributed by atoms with van der Waals surface area (Å²) in [6.45, 7) is 1.97. The molecule has 0 saturated carbocycles. The molecule has 0 radical (unpaired) electrons. The zero-order valence-electron chi connectivity index (χ0n) is 15.3. The van der Waals surface area contributed by atoms with Crippen molar-refractivity contribution in [2.75, 3.05) is 0 Å². The Balaban J connectivity index is 2.04. The minimum absolute atomic E-state index is 0.233. The van der Waals surface area contributed by atoms with Crippen molar-refractivity contribution in [3.05, 3.63) is 103 Å². The van der Waals surface area contributed by atoms with Gasteiger partial charge in [0.2, 0.25) is 0 Å². The van der Waals surface area contributed by atoms with Gasteiger partial charge < -0.3 is 5.11 Å². The molecule has 0 aliphatic carbocycles. The second kappa shape index (κ2) is 8.94. The molecule has 0 fully saturated rings. The summed E-state index contributed by atoms with van der Waals surface area (Å²) < 4.78 is 0. The van der Waals surface area contributed by atoms with Crippen molar-refractivity contribution in [3.63, 3.8) is 0 Å². The van der Waals surface area contributed by atoms with Crippen molar-refractivity contribution < 1.29 is 14.8 Å². The Labute approximate surface area is 176 Å². The number of aryl methyl sites for hydroxylation is 1. The third-order valence-corrected chi connectivity index (χ3v) is 5.36. The molecule has 7 heteroatoms. The highest BCUT2D eigenvalue weighted by atomic mass is 35.5. The number of carbonyl (C=O) groups excluding carboxylic acids is 1. The lowest BCUT2D eigenvalue weighted by Gasteiger charge is -2.08. The lowest BCUT2D eigenvalue weighted by Crippen LogP contribution is -2.01. The summed E-state index contributed by atoms with van der Waals surface area (Å²) in [5.74, 6) is -0.660. The molecule has 0 atom stereocenters. The largest absolute Gasteiger partial charge is 0.502 e. The van der Waals surface area contributed by atoms with Gasteiger partial charge in [0.05, 0.1) is 9.83 Å². The number of ketones is 1. The first-order valence-corrected chi connectivity index (χ1v) is 9.77. The second-order valence-electron chi connectivity index (χ2n) is 6.26. The molecular formula is C22H16ClNO4S. The lowest BCUT2D eigenvalue weighted by molar-refractivity contribution is -0.385. The smallest absolute Gasteiger partial charge is 0.311 e. The van der Waals surface area contributed by atoms with E-state index in [1.54, 1.807) is 30.3 Å². The fourth-order valence-corrected chi connectivity index (χ4v) is 3.60. The summed E-state index contributed by atoms with van der Waals surface area (Å²) in [5, 5.41) is 21.3. The molecule has 0 aliphatic heterocycles. The van der Waals surface area contributed by atoms with Crippen LogP contribution in [-0.4, -0.2) is 15.8 Å². The molecular weight excluding hydrogens is 410 g/mol. The van der Waals surface area contributed by atoms with Crippen LogP contribution in [0.25, 0.3) is 6.08 Å². The van der Waals surface area contributed by atoms with Crippen LogP contribution >= 0.6 is 23.4 Å². The van der Waals surface area contributed by atoms with Gasteiger partial charge in [0.1, 0.15) is 0 Å². The Morgan fingerprint density at radius 1 is 1.07 bits per heavy atom. The highest BCUT2D eigenvalue weighted by Crippen LogP contribution is 2.33. The fraction of sp³-hybridized carbons (Fsp3) is 0.0455. The highest BCUT2D eigenvalue weighted by Gasteiger charge is 2.17. The highest BCUT2D eigenvalue weighted by molar-refractivity contribution is 8.04. The van der Waals surface area contributed by atoms with Crippen molar-refractivity contribution in [2.24, 2.45) is 0 Å². The first-order chi connectivity index (χ1) is 13.8. The van der Waals surface area contributed by atoms with Crippen LogP contribution in [0.3, 0.4) is 0 Å². The average molecular weight is 426 g/mol. The molecule has 3 rings (SSSR count). The summed E-state index contributed by atoms with van der Waals surface area (Å²) in [5.41, 5.74) is 1.57. The van der Waals surface area contributed by atoms with Crippen LogP contribution in [-0.2, 0) is 0 Å². The molecule has 5 nitrogen and oxygen atoms in total. The summed E-state index contributed by atoms with van der Waals surface area (Å²) >= 11 is 7.18. The normalized spacial score (nSPS) is 11.3. The van der Waals surface area contributed by atoms with Crippen molar-refractivity contribution in [2.45, 2.75) is 11.8 Å². The Hall–Kier alpha value is -3.09. The van der Waals surface area contributed by atoms with Gasteiger partial charge in [-0.2, -0.15) is 0 Å². The van der Waals surface area contributed by atoms with E-state index in [1.165, 1.54) is 30.0 Å². The van der Waals surface area contributed by atoms with E-state index in [4.69, 9.17) is 11.6 Å². The number of Topliss-reactive ketones (excluding diaryl/α,β-unsaturated/α-hetero) is 1. The van der Waals surface area contributed by atoms with E-state index in [0.717, 1.165) is 10.5 Å². The number of carbonyl (C=O) groups is 1. The number of phenolic OH excluding ortho intramolecular Hbond substituents is 1. The first-order valence-electron chi connectivity index (χ1n) is 8.57. The average Bonchev–Trinajstić information content (AvgIpc) is 2.70. The number of phenols is 1. The third kappa shape index (κ3) is 5.25. The number of hydrogen-bond acceptors (Lipinski definition) is 5. The molecule has 29 heavy (non-hydrogen) atoms. The molecule has 0 amide bonds. The number of nitro benzene ring substituents is 1. The van der Waals surface area contributed by atoms with E-state index in [2.05, 4.69) is 0 Å². The monoisotopic (exact) mass is 425 g/mol. The van der Waals surface area contributed by atoms with Crippen molar-refractivity contribution in [1.82, 2.24) is 0 Å². The van der Waals surface area contributed by atoms with Crippen LogP contribution in [0.2, 0.25) is 5.02 Å². The van der Waals surface area contributed by atoms with Crippen LogP contribution < -0.4 is 0 Å². The molecule has 146 valence electrons. The fourth-order valence-electron chi connectivity index (χ4n) is 2.55. The van der Waals surface area contributed by atoms with E-state index >= 15 is 0 Å². The van der Waals surface area contributed by atoms with E-state index in [-0.39, 0.29) is 5.78 Å². The van der Waals surface area contributed by atoms with Gasteiger partial charge in [-0.15, -0.1) is 0 Å². The Bertz CT molecular complexity index is 1090. The number of allylic oxidation sites excluding steroid dienone is 1. The number of thioether (sulfide) groups is 1. The number of nitrogens with zero attached hydrogens (tertiary/aromatic N) is 1. The summed E-state index contributed by atoms with van der Waals surface area (Å²) in [6, 6.07) is 18.2. The van der Waals surface area contributed by atoms with Gasteiger partial charge >= 0.3 is 5.69 Å². The molecule has 0 spiro atoms. The van der Waals surface area contributed by atoms with Gasteiger partial charge in [-0.1, -0.05) is 47.1 Å². The van der Waals surface area contributed by atoms with E-state index in [1.807, 2.05) is 31.2 Å². The van der Waals surface area contributed by atoms with Gasteiger partial charge in [-0.05, 0) is 61.0 Å². The number of nitro groups is 1. The summed E-state index contributed by atoms with van der Waals surface area (Å²) in [4.78, 5) is 24.8. The molecule has 3 aromatic rings. The Morgan fingerprint density at radius 2 is 1.72 bits per heavy atom. The predicted octanol–water partition coefficient (Wildman–Crippen LogP) is 6.28. The molecule has 0 heterocycles. The summed E-state index contributed by atoms with van der Waals surface area (Å²) in [7, 11) is 0. The SMILES string of the molecule is Cc1ccc(SC(=Cc2ccc(O)c([N+](=O)[O-])c2)C(=O)c2ccc(Cl)cc2)cc1. The first kappa shape index (κ1) is 20.6. The van der Waals surface area contributed by atoms with E-state index < -0.39 is 16.4 Å². The zero-order chi connectivity index (χ0) is 21.0. The quantitative estimate of drug-likeness (QED) is 0.165. The minimum Gasteiger partial charge on any atom is -0.502 e. The number of benzene rings is 3. The Kier molecular flexibility index (Phi) is 6.36. The molecule has 0 bridgehead atoms. The minimum atomic E-state index is -0.666. The standard InChI is InChI=1S/C22H16ClNO4S/c1-14-2-9-18(10-3-14)29-21(22(26)16-5-7-17(23)8-6-16)13-15-4-11-20(25)19(12-15)24(27)28/h2-13,25H,1H3. The lowest BCUT2D eigenvalue weighted by atomic mass is 10.1. The second-order valence-corrected chi connectivity index (χ2v) is 7.82. The molecule has 0 aliphatic rings. The number of hydrogen-bond donors (Lipinski definition) is 1.